The highest BCUT2D eigenvalue weighted by molar-refractivity contribution is 6.68. The first-order valence-electron chi connectivity index (χ1n) is 7.42. The molecule has 1 aromatic carbocycles. The van der Waals surface area contributed by atoms with E-state index in [-0.39, 0.29) is 11.5 Å². The molecule has 1 atom stereocenters. The van der Waals surface area contributed by atoms with Gasteiger partial charge in [-0.05, 0) is 37.0 Å². The first kappa shape index (κ1) is 19.3. The Kier molecular flexibility index (Phi) is 5.11. The van der Waals surface area contributed by atoms with Crippen LogP contribution in [0.1, 0.15) is 40.2 Å². The molecule has 1 aromatic rings. The smallest absolute Gasteiger partial charge is 0.413 e. The molecule has 0 fully saturated rings. The lowest BCUT2D eigenvalue weighted by Crippen LogP contribution is -2.63. The van der Waals surface area contributed by atoms with Crippen LogP contribution in [0, 0.1) is 0 Å². The van der Waals surface area contributed by atoms with Crippen molar-refractivity contribution in [2.45, 2.75) is 55.8 Å². The predicted molar refractivity (Wildman–Crippen MR) is 94.2 cm³/mol. The molecule has 1 amide bonds. The van der Waals surface area contributed by atoms with Crippen molar-refractivity contribution >= 4 is 40.9 Å². The van der Waals surface area contributed by atoms with Crippen LogP contribution in [0.25, 0.3) is 0 Å². The van der Waals surface area contributed by atoms with E-state index >= 15 is 0 Å². The summed E-state index contributed by atoms with van der Waals surface area (Å²) in [5, 5.41) is 2.37. The van der Waals surface area contributed by atoms with Crippen molar-refractivity contribution in [2.75, 3.05) is 0 Å². The lowest BCUT2D eigenvalue weighted by atomic mass is 9.87. The number of amides is 1. The first-order chi connectivity index (χ1) is 10.8. The highest BCUT2D eigenvalue weighted by atomic mass is 35.6. The molecule has 5 nitrogen and oxygen atoms in total. The molecule has 0 saturated heterocycles. The molecule has 0 saturated carbocycles. The van der Waals surface area contributed by atoms with Gasteiger partial charge < -0.3 is 14.2 Å². The molecule has 0 aliphatic carbocycles. The van der Waals surface area contributed by atoms with Crippen molar-refractivity contribution in [3.8, 4) is 11.5 Å². The van der Waals surface area contributed by atoms with Gasteiger partial charge in [-0.25, -0.2) is 10.1 Å². The summed E-state index contributed by atoms with van der Waals surface area (Å²) >= 11 is 18.0. The van der Waals surface area contributed by atoms with Crippen molar-refractivity contribution in [3.63, 3.8) is 0 Å². The summed E-state index contributed by atoms with van der Waals surface area (Å²) in [6.45, 7) is 9.57. The van der Waals surface area contributed by atoms with E-state index in [4.69, 9.17) is 49.0 Å². The fraction of sp³-hybridized carbons (Fsp3) is 0.562. The number of carbonyl (C=O) groups is 1. The van der Waals surface area contributed by atoms with E-state index in [1.807, 2.05) is 6.07 Å². The predicted octanol–water partition coefficient (Wildman–Crippen LogP) is 4.91. The maximum atomic E-state index is 12.0. The van der Waals surface area contributed by atoms with E-state index in [1.54, 1.807) is 26.0 Å². The molecule has 8 heteroatoms. The number of rotatable bonds is 2. The van der Waals surface area contributed by atoms with Gasteiger partial charge in [-0.1, -0.05) is 61.6 Å². The summed E-state index contributed by atoms with van der Waals surface area (Å²) in [7, 11) is 0. The average molecular weight is 397 g/mol. The van der Waals surface area contributed by atoms with Gasteiger partial charge >= 0.3 is 12.0 Å². The number of halogens is 3. The van der Waals surface area contributed by atoms with Crippen LogP contribution < -0.4 is 14.8 Å². The molecule has 0 radical (unpaired) electrons. The highest BCUT2D eigenvalue weighted by Crippen LogP contribution is 2.49. The zero-order valence-corrected chi connectivity index (χ0v) is 16.3. The van der Waals surface area contributed by atoms with Gasteiger partial charge in [0.05, 0.1) is 6.10 Å². The molecular formula is C16H20Cl3NO4. The summed E-state index contributed by atoms with van der Waals surface area (Å²) in [6, 6.07) is 5.40. The Morgan fingerprint density at radius 3 is 2.25 bits per heavy atom. The Hall–Kier alpha value is -1.04. The van der Waals surface area contributed by atoms with Crippen LogP contribution in [0.3, 0.4) is 0 Å². The van der Waals surface area contributed by atoms with E-state index in [1.165, 1.54) is 0 Å². The number of benzene rings is 1. The van der Waals surface area contributed by atoms with Crippen LogP contribution >= 0.6 is 34.8 Å². The average Bonchev–Trinajstić information content (AvgIpc) is 2.73. The number of hydrogen-bond donors (Lipinski definition) is 1. The Balaban J connectivity index is 2.34. The number of ether oxygens (including phenoxy) is 3. The highest BCUT2D eigenvalue weighted by Gasteiger charge is 2.60. The SMILES string of the molecule is CC(C)OC(=O)N[C@@]1(C(Cl)(Cl)Cl)Oc2ccc(C(C)(C)C)cc2O1. The first-order valence-corrected chi connectivity index (χ1v) is 8.55. The molecule has 0 bridgehead atoms. The Bertz CT molecular complexity index is 637. The fourth-order valence-corrected chi connectivity index (χ4v) is 2.46. The lowest BCUT2D eigenvalue weighted by molar-refractivity contribution is -0.100. The Morgan fingerprint density at radius 2 is 1.75 bits per heavy atom. The zero-order chi connectivity index (χ0) is 18.3. The topological polar surface area (TPSA) is 56.8 Å². The van der Waals surface area contributed by atoms with E-state index in [0.29, 0.717) is 11.5 Å². The molecule has 0 aromatic heterocycles. The quantitative estimate of drug-likeness (QED) is 0.721. The second-order valence-corrected chi connectivity index (χ2v) is 9.09. The van der Waals surface area contributed by atoms with E-state index in [0.717, 1.165) is 5.56 Å². The van der Waals surface area contributed by atoms with Crippen molar-refractivity contribution in [3.05, 3.63) is 23.8 Å². The minimum Gasteiger partial charge on any atom is -0.447 e. The normalized spacial score (nSPS) is 20.2. The summed E-state index contributed by atoms with van der Waals surface area (Å²) in [5.41, 5.74) is 0.905. The van der Waals surface area contributed by atoms with Crippen LogP contribution in [0.5, 0.6) is 11.5 Å². The number of alkyl halides is 3. The molecule has 134 valence electrons. The molecule has 2 rings (SSSR count). The molecule has 1 N–H and O–H groups in total. The number of nitrogens with one attached hydrogen (secondary N) is 1. The fourth-order valence-electron chi connectivity index (χ4n) is 2.08. The second-order valence-electron chi connectivity index (χ2n) is 6.81. The molecule has 1 aliphatic heterocycles. The van der Waals surface area contributed by atoms with Crippen LogP contribution in [-0.2, 0) is 10.2 Å². The monoisotopic (exact) mass is 395 g/mol. The molecule has 24 heavy (non-hydrogen) atoms. The Labute approximate surface area is 156 Å². The second kappa shape index (κ2) is 6.36. The van der Waals surface area contributed by atoms with Gasteiger partial charge in [0, 0.05) is 0 Å². The van der Waals surface area contributed by atoms with Gasteiger partial charge in [0.15, 0.2) is 11.5 Å². The number of hydrogen-bond acceptors (Lipinski definition) is 4. The van der Waals surface area contributed by atoms with Crippen LogP contribution in [0.15, 0.2) is 18.2 Å². The number of carbonyl (C=O) groups excluding carboxylic acids is 1. The minimum absolute atomic E-state index is 0.104. The minimum atomic E-state index is -2.09. The van der Waals surface area contributed by atoms with Crippen molar-refractivity contribution in [1.29, 1.82) is 0 Å². The number of fused-ring (bicyclic) bond motifs is 1. The summed E-state index contributed by atoms with van der Waals surface area (Å²) in [6.07, 6.45) is -1.17. The number of alkyl carbamates (subject to hydrolysis) is 1. The van der Waals surface area contributed by atoms with Gasteiger partial charge in [-0.3, -0.25) is 0 Å². The van der Waals surface area contributed by atoms with E-state index < -0.39 is 15.8 Å². The van der Waals surface area contributed by atoms with Gasteiger partial charge in [-0.2, -0.15) is 0 Å². The summed E-state index contributed by atoms with van der Waals surface area (Å²) in [5.74, 6) is -1.28. The molecule has 1 aliphatic rings. The van der Waals surface area contributed by atoms with Gasteiger partial charge in [-0.15, -0.1) is 0 Å². The van der Waals surface area contributed by atoms with Crippen molar-refractivity contribution in [2.24, 2.45) is 0 Å². The van der Waals surface area contributed by atoms with E-state index in [9.17, 15) is 4.79 Å². The van der Waals surface area contributed by atoms with Gasteiger partial charge in [0.1, 0.15) is 0 Å². The van der Waals surface area contributed by atoms with Crippen LogP contribution in [-0.4, -0.2) is 21.9 Å². The molecule has 1 heterocycles. The molecule has 0 spiro atoms. The standard InChI is InChI=1S/C16H20Cl3NO4/c1-9(2)22-13(21)20-16(15(17,18)19)23-11-7-6-10(14(3,4)5)8-12(11)24-16/h6-9H,1-5H3,(H,20,21)/t16-/m0/s1. The largest absolute Gasteiger partial charge is 0.447 e. The van der Waals surface area contributed by atoms with Crippen LogP contribution in [0.2, 0.25) is 0 Å². The molecular weight excluding hydrogens is 377 g/mol. The zero-order valence-electron chi connectivity index (χ0n) is 14.1. The van der Waals surface area contributed by atoms with Crippen molar-refractivity contribution < 1.29 is 19.0 Å². The van der Waals surface area contributed by atoms with Crippen LogP contribution in [0.4, 0.5) is 4.79 Å². The Morgan fingerprint density at radius 1 is 1.17 bits per heavy atom. The summed E-state index contributed by atoms with van der Waals surface area (Å²) in [4.78, 5) is 12.0. The third kappa shape index (κ3) is 3.95. The van der Waals surface area contributed by atoms with Gasteiger partial charge in [0.25, 0.3) is 3.79 Å². The maximum absolute atomic E-state index is 12.0. The van der Waals surface area contributed by atoms with Gasteiger partial charge in [0.2, 0.25) is 0 Å². The molecule has 0 unspecified atom stereocenters. The third-order valence-electron chi connectivity index (χ3n) is 3.30. The van der Waals surface area contributed by atoms with E-state index in [2.05, 4.69) is 26.1 Å². The summed E-state index contributed by atoms with van der Waals surface area (Å²) < 4.78 is 14.3. The lowest BCUT2D eigenvalue weighted by Gasteiger charge is -2.33. The van der Waals surface area contributed by atoms with Crippen molar-refractivity contribution in [1.82, 2.24) is 5.32 Å². The third-order valence-corrected chi connectivity index (χ3v) is 4.05. The maximum Gasteiger partial charge on any atom is 0.413 e.